The predicted octanol–water partition coefficient (Wildman–Crippen LogP) is 10.8. The second-order valence-corrected chi connectivity index (χ2v) is 12.6. The van der Waals surface area contributed by atoms with Gasteiger partial charge in [-0.1, -0.05) is 133 Å². The zero-order valence-corrected chi connectivity index (χ0v) is 27.0. The number of para-hydroxylation sites is 3. The van der Waals surface area contributed by atoms with Gasteiger partial charge in [0.15, 0.2) is 5.84 Å². The Morgan fingerprint density at radius 1 is 0.520 bits per heavy atom. The second kappa shape index (κ2) is 11.5. The molecule has 0 bridgehead atoms. The minimum absolute atomic E-state index is 0.262. The average Bonchev–Trinajstić information content (AvgIpc) is 3.75. The Kier molecular flexibility index (Phi) is 6.49. The Hall–Kier alpha value is -6.72. The number of hydrogen-bond acceptors (Lipinski definition) is 4. The highest BCUT2D eigenvalue weighted by Gasteiger charge is 2.23. The number of aromatic nitrogens is 1. The van der Waals surface area contributed by atoms with Gasteiger partial charge in [0, 0.05) is 38.5 Å². The third kappa shape index (κ3) is 4.55. The summed E-state index contributed by atoms with van der Waals surface area (Å²) in [4.78, 5) is 10.2. The fourth-order valence-corrected chi connectivity index (χ4v) is 7.34. The standard InChI is InChI=1S/C45H30N4O/c1-4-14-29(15-5-1)43-46-44(30-16-6-2-7-17-30)48-45(47-43)32-19-12-18-31(28-32)34-23-13-24-35-36-26-27-39-40(42(36)50-41(34)35)37-22-10-11-25-38(37)49(39)33-20-8-3-9-21-33/h1-28,43H,(H,46,47,48). The molecular weight excluding hydrogens is 613 g/mol. The van der Waals surface area contributed by atoms with Crippen LogP contribution in [0.1, 0.15) is 22.9 Å². The molecule has 1 N–H and O–H groups in total. The van der Waals surface area contributed by atoms with Gasteiger partial charge in [0.2, 0.25) is 0 Å². The Labute approximate surface area is 288 Å². The Morgan fingerprint density at radius 3 is 2.02 bits per heavy atom. The molecule has 0 saturated carbocycles. The maximum absolute atomic E-state index is 6.96. The maximum atomic E-state index is 6.96. The quantitative estimate of drug-likeness (QED) is 0.203. The summed E-state index contributed by atoms with van der Waals surface area (Å²) in [6.07, 6.45) is -0.262. The minimum Gasteiger partial charge on any atom is -0.455 e. The van der Waals surface area contributed by atoms with Crippen molar-refractivity contribution < 1.29 is 4.42 Å². The summed E-state index contributed by atoms with van der Waals surface area (Å²) in [6.45, 7) is 0. The zero-order chi connectivity index (χ0) is 33.0. The Morgan fingerprint density at radius 2 is 1.18 bits per heavy atom. The lowest BCUT2D eigenvalue weighted by atomic mass is 9.99. The lowest BCUT2D eigenvalue weighted by molar-refractivity contribution is 0.673. The van der Waals surface area contributed by atoms with Crippen LogP contribution >= 0.6 is 0 Å². The minimum atomic E-state index is -0.262. The highest BCUT2D eigenvalue weighted by molar-refractivity contribution is 6.24. The highest BCUT2D eigenvalue weighted by atomic mass is 16.3. The summed E-state index contributed by atoms with van der Waals surface area (Å²) >= 11 is 0. The van der Waals surface area contributed by atoms with Crippen molar-refractivity contribution in [2.75, 3.05) is 0 Å². The molecule has 3 heterocycles. The first-order chi connectivity index (χ1) is 24.8. The molecule has 236 valence electrons. The van der Waals surface area contributed by atoms with Crippen LogP contribution in [0.15, 0.2) is 184 Å². The predicted molar refractivity (Wildman–Crippen MR) is 205 cm³/mol. The van der Waals surface area contributed by atoms with Crippen molar-refractivity contribution in [1.29, 1.82) is 0 Å². The van der Waals surface area contributed by atoms with E-state index in [1.54, 1.807) is 0 Å². The van der Waals surface area contributed by atoms with Crippen LogP contribution in [0.5, 0.6) is 0 Å². The van der Waals surface area contributed by atoms with Crippen LogP contribution in [0, 0.1) is 0 Å². The van der Waals surface area contributed by atoms with E-state index < -0.39 is 0 Å². The fourth-order valence-electron chi connectivity index (χ4n) is 7.34. The first kappa shape index (κ1) is 28.3. The fraction of sp³-hybridized carbons (Fsp3) is 0.0222. The number of hydrogen-bond donors (Lipinski definition) is 1. The molecule has 50 heavy (non-hydrogen) atoms. The number of amidine groups is 2. The SMILES string of the molecule is c1ccc(C2=NC(c3cccc(-c4cccc5c4oc4c5ccc5c4c4ccccc4n5-c4ccccc4)c3)=NC(c3ccccc3)N2)cc1. The lowest BCUT2D eigenvalue weighted by Gasteiger charge is -2.23. The van der Waals surface area contributed by atoms with E-state index in [1.165, 1.54) is 5.39 Å². The van der Waals surface area contributed by atoms with Crippen LogP contribution in [0.2, 0.25) is 0 Å². The van der Waals surface area contributed by atoms with Crippen molar-refractivity contribution in [2.45, 2.75) is 6.17 Å². The molecule has 0 amide bonds. The van der Waals surface area contributed by atoms with Crippen LogP contribution < -0.4 is 5.32 Å². The molecule has 1 unspecified atom stereocenters. The summed E-state index contributed by atoms with van der Waals surface area (Å²) in [5.74, 6) is 1.48. The van der Waals surface area contributed by atoms with Crippen molar-refractivity contribution in [3.05, 3.63) is 187 Å². The van der Waals surface area contributed by atoms with Gasteiger partial charge < -0.3 is 14.3 Å². The topological polar surface area (TPSA) is 54.8 Å². The molecule has 2 aromatic heterocycles. The zero-order valence-electron chi connectivity index (χ0n) is 27.0. The van der Waals surface area contributed by atoms with Gasteiger partial charge in [-0.05, 0) is 47.5 Å². The average molecular weight is 643 g/mol. The van der Waals surface area contributed by atoms with Crippen molar-refractivity contribution >= 4 is 55.4 Å². The molecule has 1 aliphatic heterocycles. The number of fused-ring (bicyclic) bond motifs is 7. The van der Waals surface area contributed by atoms with Gasteiger partial charge in [0.1, 0.15) is 23.2 Å². The van der Waals surface area contributed by atoms with Crippen molar-refractivity contribution in [2.24, 2.45) is 9.98 Å². The van der Waals surface area contributed by atoms with Gasteiger partial charge in [-0.2, -0.15) is 0 Å². The summed E-state index contributed by atoms with van der Waals surface area (Å²) in [6, 6.07) is 59.0. The lowest BCUT2D eigenvalue weighted by Crippen LogP contribution is -2.33. The van der Waals surface area contributed by atoms with Gasteiger partial charge in [-0.3, -0.25) is 0 Å². The highest BCUT2D eigenvalue weighted by Crippen LogP contribution is 2.43. The molecule has 7 aromatic carbocycles. The van der Waals surface area contributed by atoms with Gasteiger partial charge >= 0.3 is 0 Å². The second-order valence-electron chi connectivity index (χ2n) is 12.6. The van der Waals surface area contributed by atoms with Gasteiger partial charge in [0.05, 0.1) is 16.4 Å². The number of benzene rings is 7. The number of nitrogens with zero attached hydrogens (tertiary/aromatic N) is 3. The molecule has 0 radical (unpaired) electrons. The van der Waals surface area contributed by atoms with E-state index in [-0.39, 0.29) is 6.17 Å². The molecule has 0 spiro atoms. The molecule has 1 aliphatic rings. The Bertz CT molecular complexity index is 2780. The third-order valence-electron chi connectivity index (χ3n) is 9.65. The van der Waals surface area contributed by atoms with E-state index in [0.717, 1.165) is 77.7 Å². The molecule has 0 saturated heterocycles. The normalized spacial score (nSPS) is 14.6. The van der Waals surface area contributed by atoms with Crippen LogP contribution in [0.4, 0.5) is 0 Å². The Balaban J connectivity index is 1.14. The first-order valence-corrected chi connectivity index (χ1v) is 16.9. The monoisotopic (exact) mass is 642 g/mol. The van der Waals surface area contributed by atoms with Crippen LogP contribution in [0.25, 0.3) is 60.6 Å². The summed E-state index contributed by atoms with van der Waals surface area (Å²) in [5.41, 5.74) is 10.3. The summed E-state index contributed by atoms with van der Waals surface area (Å²) in [5, 5.41) is 8.04. The van der Waals surface area contributed by atoms with E-state index in [0.29, 0.717) is 5.84 Å². The maximum Gasteiger partial charge on any atom is 0.159 e. The third-order valence-corrected chi connectivity index (χ3v) is 9.65. The first-order valence-electron chi connectivity index (χ1n) is 16.9. The number of furan rings is 1. The van der Waals surface area contributed by atoms with Crippen molar-refractivity contribution in [3.8, 4) is 16.8 Å². The van der Waals surface area contributed by atoms with Crippen molar-refractivity contribution in [1.82, 2.24) is 9.88 Å². The molecule has 9 aromatic rings. The molecule has 10 rings (SSSR count). The molecule has 0 aliphatic carbocycles. The van der Waals surface area contributed by atoms with Crippen LogP contribution in [0.3, 0.4) is 0 Å². The molecular formula is C45H30N4O. The van der Waals surface area contributed by atoms with E-state index in [4.69, 9.17) is 14.4 Å². The van der Waals surface area contributed by atoms with Crippen LogP contribution in [-0.2, 0) is 0 Å². The van der Waals surface area contributed by atoms with E-state index in [9.17, 15) is 0 Å². The summed E-state index contributed by atoms with van der Waals surface area (Å²) < 4.78 is 9.29. The molecule has 5 heteroatoms. The number of aliphatic imine (C=N–C) groups is 2. The van der Waals surface area contributed by atoms with Gasteiger partial charge in [-0.25, -0.2) is 9.98 Å². The molecule has 1 atom stereocenters. The molecule has 5 nitrogen and oxygen atoms in total. The largest absolute Gasteiger partial charge is 0.455 e. The molecule has 0 fully saturated rings. The smallest absolute Gasteiger partial charge is 0.159 e. The summed E-state index contributed by atoms with van der Waals surface area (Å²) in [7, 11) is 0. The van der Waals surface area contributed by atoms with Crippen molar-refractivity contribution in [3.63, 3.8) is 0 Å². The van der Waals surface area contributed by atoms with E-state index in [1.807, 2.05) is 36.4 Å². The van der Waals surface area contributed by atoms with E-state index in [2.05, 4.69) is 143 Å². The number of nitrogens with one attached hydrogen (secondary N) is 1. The van der Waals surface area contributed by atoms with E-state index >= 15 is 0 Å². The van der Waals surface area contributed by atoms with Gasteiger partial charge in [0.25, 0.3) is 0 Å². The number of rotatable bonds is 5. The van der Waals surface area contributed by atoms with Crippen LogP contribution in [-0.4, -0.2) is 16.2 Å². The van der Waals surface area contributed by atoms with Gasteiger partial charge in [-0.15, -0.1) is 0 Å².